The van der Waals surface area contributed by atoms with Gasteiger partial charge in [0.05, 0.1) is 17.7 Å². The predicted molar refractivity (Wildman–Crippen MR) is 98.3 cm³/mol. The fourth-order valence-electron chi connectivity index (χ4n) is 3.04. The summed E-state index contributed by atoms with van der Waals surface area (Å²) >= 11 is 0. The molecule has 0 bridgehead atoms. The van der Waals surface area contributed by atoms with Crippen LogP contribution in [0.3, 0.4) is 0 Å². The van der Waals surface area contributed by atoms with Crippen molar-refractivity contribution >= 4 is 11.7 Å². The number of benzene rings is 2. The molecule has 0 aliphatic carbocycles. The fourth-order valence-corrected chi connectivity index (χ4v) is 3.04. The predicted octanol–water partition coefficient (Wildman–Crippen LogP) is 3.15. The molecule has 0 radical (unpaired) electrons. The van der Waals surface area contributed by atoms with Gasteiger partial charge in [0.2, 0.25) is 0 Å². The van der Waals surface area contributed by atoms with Gasteiger partial charge in [-0.1, -0.05) is 36.4 Å². The summed E-state index contributed by atoms with van der Waals surface area (Å²) < 4.78 is 0. The van der Waals surface area contributed by atoms with Crippen molar-refractivity contribution in [3.63, 3.8) is 0 Å². The van der Waals surface area contributed by atoms with Crippen LogP contribution >= 0.6 is 0 Å². The summed E-state index contributed by atoms with van der Waals surface area (Å²) in [6.45, 7) is 4.87. The number of urea groups is 1. The molecule has 2 aromatic rings. The molecule has 1 heterocycles. The molecule has 1 saturated heterocycles. The Labute approximate surface area is 148 Å². The Kier molecular flexibility index (Phi) is 5.20. The second-order valence-corrected chi connectivity index (χ2v) is 6.22. The Balaban J connectivity index is 1.55. The highest BCUT2D eigenvalue weighted by Gasteiger charge is 2.22. The van der Waals surface area contributed by atoms with E-state index in [1.807, 2.05) is 60.4 Å². The number of hydrogen-bond acceptors (Lipinski definition) is 3. The van der Waals surface area contributed by atoms with E-state index in [4.69, 9.17) is 5.26 Å². The lowest BCUT2D eigenvalue weighted by Crippen LogP contribution is -2.52. The van der Waals surface area contributed by atoms with E-state index in [1.165, 1.54) is 0 Å². The molecule has 1 aliphatic rings. The quantitative estimate of drug-likeness (QED) is 0.938. The van der Waals surface area contributed by atoms with Gasteiger partial charge in [-0.3, -0.25) is 0 Å². The van der Waals surface area contributed by atoms with E-state index in [-0.39, 0.29) is 12.1 Å². The summed E-state index contributed by atoms with van der Waals surface area (Å²) in [6, 6.07) is 19.7. The average molecular weight is 334 g/mol. The smallest absolute Gasteiger partial charge is 0.317 e. The van der Waals surface area contributed by atoms with E-state index in [1.54, 1.807) is 6.07 Å². The van der Waals surface area contributed by atoms with Crippen LogP contribution in [0.15, 0.2) is 54.6 Å². The minimum Gasteiger partial charge on any atom is -0.368 e. The van der Waals surface area contributed by atoms with Gasteiger partial charge in [0, 0.05) is 31.9 Å². The molecule has 0 aromatic heterocycles. The fraction of sp³-hybridized carbons (Fsp3) is 0.300. The van der Waals surface area contributed by atoms with Gasteiger partial charge in [-0.2, -0.15) is 5.26 Å². The standard InChI is InChI=1S/C20H22N4O/c1-16(18-7-3-2-4-8-18)22-20(25)24-12-10-23(11-13-24)19-9-5-6-17(14-19)15-21/h2-9,14,16H,10-13H2,1H3,(H,22,25). The molecule has 5 heteroatoms. The molecule has 3 rings (SSSR count). The van der Waals surface area contributed by atoms with Gasteiger partial charge in [-0.15, -0.1) is 0 Å². The summed E-state index contributed by atoms with van der Waals surface area (Å²) in [5.74, 6) is 0. The number of piperazine rings is 1. The first-order chi connectivity index (χ1) is 12.2. The highest BCUT2D eigenvalue weighted by molar-refractivity contribution is 5.75. The number of carbonyl (C=O) groups excluding carboxylic acids is 1. The van der Waals surface area contributed by atoms with Crippen molar-refractivity contribution in [3.8, 4) is 6.07 Å². The van der Waals surface area contributed by atoms with E-state index < -0.39 is 0 Å². The summed E-state index contributed by atoms with van der Waals surface area (Å²) in [5.41, 5.74) is 2.80. The lowest BCUT2D eigenvalue weighted by atomic mass is 10.1. The van der Waals surface area contributed by atoms with Crippen molar-refractivity contribution < 1.29 is 4.79 Å². The van der Waals surface area contributed by atoms with E-state index in [0.29, 0.717) is 18.7 Å². The minimum absolute atomic E-state index is 0.0148. The molecule has 25 heavy (non-hydrogen) atoms. The van der Waals surface area contributed by atoms with Gasteiger partial charge in [-0.25, -0.2) is 4.79 Å². The zero-order valence-corrected chi connectivity index (χ0v) is 14.4. The van der Waals surface area contributed by atoms with Crippen molar-refractivity contribution in [1.29, 1.82) is 5.26 Å². The molecule has 1 aliphatic heterocycles. The molecule has 5 nitrogen and oxygen atoms in total. The third-order valence-electron chi connectivity index (χ3n) is 4.55. The number of hydrogen-bond donors (Lipinski definition) is 1. The Morgan fingerprint density at radius 1 is 1.08 bits per heavy atom. The van der Waals surface area contributed by atoms with E-state index >= 15 is 0 Å². The second-order valence-electron chi connectivity index (χ2n) is 6.22. The molecular weight excluding hydrogens is 312 g/mol. The van der Waals surface area contributed by atoms with Crippen LogP contribution in [0.1, 0.15) is 24.1 Å². The van der Waals surface area contributed by atoms with Gasteiger partial charge in [0.25, 0.3) is 0 Å². The van der Waals surface area contributed by atoms with Crippen LogP contribution in [-0.4, -0.2) is 37.1 Å². The lowest BCUT2D eigenvalue weighted by Gasteiger charge is -2.36. The van der Waals surface area contributed by atoms with Gasteiger partial charge < -0.3 is 15.1 Å². The Hall–Kier alpha value is -3.00. The molecule has 1 unspecified atom stereocenters. The highest BCUT2D eigenvalue weighted by Crippen LogP contribution is 2.18. The van der Waals surface area contributed by atoms with Crippen molar-refractivity contribution in [2.75, 3.05) is 31.1 Å². The number of amides is 2. The third-order valence-corrected chi connectivity index (χ3v) is 4.55. The first-order valence-electron chi connectivity index (χ1n) is 8.53. The van der Waals surface area contributed by atoms with Crippen LogP contribution < -0.4 is 10.2 Å². The molecule has 1 N–H and O–H groups in total. The summed E-state index contributed by atoms with van der Waals surface area (Å²) in [4.78, 5) is 16.5. The number of nitrogens with one attached hydrogen (secondary N) is 1. The van der Waals surface area contributed by atoms with E-state index in [9.17, 15) is 4.79 Å². The van der Waals surface area contributed by atoms with E-state index in [0.717, 1.165) is 24.3 Å². The molecule has 0 spiro atoms. The minimum atomic E-state index is -0.0261. The molecule has 128 valence electrons. The molecule has 1 fully saturated rings. The first kappa shape index (κ1) is 16.8. The van der Waals surface area contributed by atoms with Gasteiger partial charge in [0.1, 0.15) is 0 Å². The topological polar surface area (TPSA) is 59.4 Å². The molecule has 1 atom stereocenters. The number of nitriles is 1. The van der Waals surface area contributed by atoms with Crippen molar-refractivity contribution in [2.24, 2.45) is 0 Å². The van der Waals surface area contributed by atoms with E-state index in [2.05, 4.69) is 16.3 Å². The second kappa shape index (κ2) is 7.71. The zero-order chi connectivity index (χ0) is 17.6. The van der Waals surface area contributed by atoms with Crippen LogP contribution in [0.2, 0.25) is 0 Å². The van der Waals surface area contributed by atoms with Gasteiger partial charge in [-0.05, 0) is 30.7 Å². The molecule has 0 saturated carbocycles. The van der Waals surface area contributed by atoms with Crippen LogP contribution in [-0.2, 0) is 0 Å². The van der Waals surface area contributed by atoms with Gasteiger partial charge in [0.15, 0.2) is 0 Å². The van der Waals surface area contributed by atoms with Crippen LogP contribution in [0.25, 0.3) is 0 Å². The number of nitrogens with zero attached hydrogens (tertiary/aromatic N) is 3. The van der Waals surface area contributed by atoms with Gasteiger partial charge >= 0.3 is 6.03 Å². The maximum absolute atomic E-state index is 12.5. The normalized spacial score (nSPS) is 15.4. The van der Waals surface area contributed by atoms with Crippen molar-refractivity contribution in [3.05, 3.63) is 65.7 Å². The zero-order valence-electron chi connectivity index (χ0n) is 14.4. The largest absolute Gasteiger partial charge is 0.368 e. The first-order valence-corrected chi connectivity index (χ1v) is 8.53. The van der Waals surface area contributed by atoms with Crippen LogP contribution in [0.4, 0.5) is 10.5 Å². The van der Waals surface area contributed by atoms with Crippen LogP contribution in [0, 0.1) is 11.3 Å². The van der Waals surface area contributed by atoms with Crippen molar-refractivity contribution in [2.45, 2.75) is 13.0 Å². The molecule has 2 aromatic carbocycles. The highest BCUT2D eigenvalue weighted by atomic mass is 16.2. The summed E-state index contributed by atoms with van der Waals surface area (Å²) in [7, 11) is 0. The Morgan fingerprint density at radius 2 is 1.80 bits per heavy atom. The summed E-state index contributed by atoms with van der Waals surface area (Å²) in [6.07, 6.45) is 0. The maximum Gasteiger partial charge on any atom is 0.317 e. The van der Waals surface area contributed by atoms with Crippen LogP contribution in [0.5, 0.6) is 0 Å². The molecule has 2 amide bonds. The average Bonchev–Trinajstić information content (AvgIpc) is 2.68. The lowest BCUT2D eigenvalue weighted by molar-refractivity contribution is 0.191. The third kappa shape index (κ3) is 4.10. The maximum atomic E-state index is 12.5. The monoisotopic (exact) mass is 334 g/mol. The number of rotatable bonds is 3. The Bertz CT molecular complexity index is 761. The summed E-state index contributed by atoms with van der Waals surface area (Å²) in [5, 5.41) is 12.1. The number of carbonyl (C=O) groups is 1. The Morgan fingerprint density at radius 3 is 2.48 bits per heavy atom. The molecular formula is C20H22N4O. The number of anilines is 1. The van der Waals surface area contributed by atoms with Crippen molar-refractivity contribution in [1.82, 2.24) is 10.2 Å². The SMILES string of the molecule is CC(NC(=O)N1CCN(c2cccc(C#N)c2)CC1)c1ccccc1.